The Hall–Kier alpha value is -1.36. The van der Waals surface area contributed by atoms with Gasteiger partial charge >= 0.3 is 0 Å². The molecule has 0 N–H and O–H groups in total. The molecule has 98 valence electrons. The lowest BCUT2D eigenvalue weighted by Crippen LogP contribution is -2.08. The van der Waals surface area contributed by atoms with Crippen LogP contribution in [0.3, 0.4) is 0 Å². The molecule has 6 heteroatoms. The van der Waals surface area contributed by atoms with Gasteiger partial charge < -0.3 is 0 Å². The van der Waals surface area contributed by atoms with Gasteiger partial charge in [0, 0.05) is 6.54 Å². The minimum absolute atomic E-state index is 0.110. The molecule has 2 rings (SSSR count). The van der Waals surface area contributed by atoms with E-state index in [9.17, 15) is 0 Å². The van der Waals surface area contributed by atoms with Crippen molar-refractivity contribution in [2.75, 3.05) is 0 Å². The van der Waals surface area contributed by atoms with Crippen molar-refractivity contribution >= 4 is 11.6 Å². The molecule has 18 heavy (non-hydrogen) atoms. The van der Waals surface area contributed by atoms with Crippen molar-refractivity contribution in [1.82, 2.24) is 24.8 Å². The van der Waals surface area contributed by atoms with Crippen molar-refractivity contribution in [1.29, 1.82) is 0 Å². The Bertz CT molecular complexity index is 514. The standard InChI is InChI=1S/C12H18ClN5/c1-4-10-6-11(18(5-2)15-10)7-17-8-12(9(3)13)14-16-17/h6,8-9H,4-5,7H2,1-3H3. The van der Waals surface area contributed by atoms with Crippen LogP contribution in [0.4, 0.5) is 0 Å². The summed E-state index contributed by atoms with van der Waals surface area (Å²) in [7, 11) is 0. The predicted octanol–water partition coefficient (Wildman–Crippen LogP) is 2.41. The van der Waals surface area contributed by atoms with Gasteiger partial charge in [-0.3, -0.25) is 4.68 Å². The van der Waals surface area contributed by atoms with Gasteiger partial charge in [-0.1, -0.05) is 12.1 Å². The molecule has 2 aromatic rings. The molecule has 5 nitrogen and oxygen atoms in total. The zero-order valence-electron chi connectivity index (χ0n) is 11.0. The van der Waals surface area contributed by atoms with Crippen molar-refractivity contribution in [2.45, 2.75) is 45.7 Å². The molecular weight excluding hydrogens is 250 g/mol. The van der Waals surface area contributed by atoms with Crippen LogP contribution in [-0.4, -0.2) is 24.8 Å². The molecule has 0 radical (unpaired) electrons. The summed E-state index contributed by atoms with van der Waals surface area (Å²) in [4.78, 5) is 0. The third-order valence-corrected chi connectivity index (χ3v) is 3.09. The number of halogens is 1. The van der Waals surface area contributed by atoms with Gasteiger partial charge in [-0.2, -0.15) is 5.10 Å². The molecule has 0 bridgehead atoms. The Morgan fingerprint density at radius 1 is 1.39 bits per heavy atom. The summed E-state index contributed by atoms with van der Waals surface area (Å²) in [6, 6.07) is 2.12. The van der Waals surface area contributed by atoms with Gasteiger partial charge in [-0.05, 0) is 26.3 Å². The highest BCUT2D eigenvalue weighted by atomic mass is 35.5. The van der Waals surface area contributed by atoms with Crippen molar-refractivity contribution in [2.24, 2.45) is 0 Å². The van der Waals surface area contributed by atoms with Gasteiger partial charge in [0.05, 0.1) is 29.5 Å². The zero-order chi connectivity index (χ0) is 13.1. The van der Waals surface area contributed by atoms with Crippen LogP contribution in [0, 0.1) is 0 Å². The maximum atomic E-state index is 5.97. The minimum atomic E-state index is -0.110. The second-order valence-electron chi connectivity index (χ2n) is 4.25. The number of alkyl halides is 1. The Balaban J connectivity index is 2.19. The molecule has 1 unspecified atom stereocenters. The van der Waals surface area contributed by atoms with Gasteiger partial charge in [0.25, 0.3) is 0 Å². The average molecular weight is 268 g/mol. The molecular formula is C12H18ClN5. The van der Waals surface area contributed by atoms with E-state index in [1.165, 1.54) is 0 Å². The second-order valence-corrected chi connectivity index (χ2v) is 4.91. The summed E-state index contributed by atoms with van der Waals surface area (Å²) < 4.78 is 3.81. The molecule has 0 aliphatic rings. The summed E-state index contributed by atoms with van der Waals surface area (Å²) in [5.74, 6) is 0. The third kappa shape index (κ3) is 2.72. The monoisotopic (exact) mass is 267 g/mol. The summed E-state index contributed by atoms with van der Waals surface area (Å²) in [6.45, 7) is 7.63. The van der Waals surface area contributed by atoms with Crippen LogP contribution in [0.15, 0.2) is 12.3 Å². The quantitative estimate of drug-likeness (QED) is 0.782. The Kier molecular flexibility index (Phi) is 4.01. The minimum Gasteiger partial charge on any atom is -0.268 e. The highest BCUT2D eigenvalue weighted by Crippen LogP contribution is 2.16. The van der Waals surface area contributed by atoms with E-state index in [4.69, 9.17) is 11.6 Å². The predicted molar refractivity (Wildman–Crippen MR) is 70.7 cm³/mol. The molecule has 0 saturated heterocycles. The van der Waals surface area contributed by atoms with E-state index >= 15 is 0 Å². The molecule has 0 saturated carbocycles. The summed E-state index contributed by atoms with van der Waals surface area (Å²) in [5.41, 5.74) is 3.06. The van der Waals surface area contributed by atoms with Gasteiger partial charge in [0.1, 0.15) is 5.69 Å². The van der Waals surface area contributed by atoms with Crippen LogP contribution < -0.4 is 0 Å². The fourth-order valence-electron chi connectivity index (χ4n) is 1.83. The topological polar surface area (TPSA) is 48.5 Å². The largest absolute Gasteiger partial charge is 0.268 e. The first kappa shape index (κ1) is 13.1. The molecule has 0 fully saturated rings. The molecule has 0 aliphatic heterocycles. The van der Waals surface area contributed by atoms with Crippen LogP contribution in [0.2, 0.25) is 0 Å². The van der Waals surface area contributed by atoms with Crippen LogP contribution in [0.25, 0.3) is 0 Å². The zero-order valence-corrected chi connectivity index (χ0v) is 11.7. The first-order valence-corrected chi connectivity index (χ1v) is 6.67. The lowest BCUT2D eigenvalue weighted by atomic mass is 10.3. The van der Waals surface area contributed by atoms with Gasteiger partial charge in [0.2, 0.25) is 0 Å². The van der Waals surface area contributed by atoms with Crippen LogP contribution >= 0.6 is 11.6 Å². The first-order valence-electron chi connectivity index (χ1n) is 6.23. The third-order valence-electron chi connectivity index (χ3n) is 2.86. The average Bonchev–Trinajstić information content (AvgIpc) is 2.96. The number of aryl methyl sites for hydroxylation is 2. The van der Waals surface area contributed by atoms with Crippen molar-refractivity contribution in [3.8, 4) is 0 Å². The van der Waals surface area contributed by atoms with Crippen LogP contribution in [0.5, 0.6) is 0 Å². The highest BCUT2D eigenvalue weighted by Gasteiger charge is 2.10. The lowest BCUT2D eigenvalue weighted by molar-refractivity contribution is 0.563. The fraction of sp³-hybridized carbons (Fsp3) is 0.583. The maximum absolute atomic E-state index is 5.97. The first-order chi connectivity index (χ1) is 8.63. The van der Waals surface area contributed by atoms with Crippen LogP contribution in [0.1, 0.15) is 43.2 Å². The van der Waals surface area contributed by atoms with E-state index in [1.54, 1.807) is 4.68 Å². The SMILES string of the molecule is CCc1cc(Cn2cc(C(C)Cl)nn2)n(CC)n1. The van der Waals surface area contributed by atoms with Crippen molar-refractivity contribution in [3.05, 3.63) is 29.3 Å². The summed E-state index contributed by atoms with van der Waals surface area (Å²) in [5, 5.41) is 12.5. The molecule has 0 aromatic carbocycles. The Morgan fingerprint density at radius 2 is 2.17 bits per heavy atom. The van der Waals surface area contributed by atoms with E-state index in [0.717, 1.165) is 30.0 Å². The van der Waals surface area contributed by atoms with E-state index in [0.29, 0.717) is 6.54 Å². The summed E-state index contributed by atoms with van der Waals surface area (Å²) >= 11 is 5.97. The van der Waals surface area contributed by atoms with E-state index in [2.05, 4.69) is 35.3 Å². The smallest absolute Gasteiger partial charge is 0.100 e. The number of hydrogen-bond donors (Lipinski definition) is 0. The van der Waals surface area contributed by atoms with Gasteiger partial charge in [0.15, 0.2) is 0 Å². The lowest BCUT2D eigenvalue weighted by Gasteiger charge is -2.03. The fourth-order valence-corrected chi connectivity index (χ4v) is 1.93. The van der Waals surface area contributed by atoms with E-state index in [1.807, 2.05) is 17.8 Å². The van der Waals surface area contributed by atoms with Crippen molar-refractivity contribution in [3.63, 3.8) is 0 Å². The molecule has 0 spiro atoms. The second kappa shape index (κ2) is 5.52. The number of nitrogens with zero attached hydrogens (tertiary/aromatic N) is 5. The molecule has 0 amide bonds. The summed E-state index contributed by atoms with van der Waals surface area (Å²) in [6.07, 6.45) is 2.83. The maximum Gasteiger partial charge on any atom is 0.100 e. The van der Waals surface area contributed by atoms with Crippen LogP contribution in [-0.2, 0) is 19.5 Å². The van der Waals surface area contributed by atoms with E-state index in [-0.39, 0.29) is 5.38 Å². The number of aromatic nitrogens is 5. The van der Waals surface area contributed by atoms with Gasteiger partial charge in [-0.25, -0.2) is 4.68 Å². The molecule has 2 aromatic heterocycles. The normalized spacial score (nSPS) is 12.9. The Morgan fingerprint density at radius 3 is 2.72 bits per heavy atom. The molecule has 0 aliphatic carbocycles. The Labute approximate surface area is 112 Å². The molecule has 1 atom stereocenters. The number of rotatable bonds is 5. The van der Waals surface area contributed by atoms with Gasteiger partial charge in [-0.15, -0.1) is 16.7 Å². The molecule has 2 heterocycles. The number of hydrogen-bond acceptors (Lipinski definition) is 3. The van der Waals surface area contributed by atoms with Crippen molar-refractivity contribution < 1.29 is 0 Å². The highest BCUT2D eigenvalue weighted by molar-refractivity contribution is 6.20. The van der Waals surface area contributed by atoms with E-state index < -0.39 is 0 Å².